The molecule has 0 saturated heterocycles. The molecule has 0 aliphatic rings. The van der Waals surface area contributed by atoms with Crippen molar-refractivity contribution in [1.29, 1.82) is 0 Å². The van der Waals surface area contributed by atoms with Gasteiger partial charge in [-0.1, -0.05) is 19.2 Å². The van der Waals surface area contributed by atoms with Gasteiger partial charge in [0.1, 0.15) is 12.4 Å². The molecule has 0 rings (SSSR count). The van der Waals surface area contributed by atoms with Crippen LogP contribution < -0.4 is 0 Å². The maximum atomic E-state index is 5.38. The molecule has 0 aliphatic carbocycles. The third-order valence-electron chi connectivity index (χ3n) is 1.19. The van der Waals surface area contributed by atoms with Crippen molar-refractivity contribution >= 4 is 0 Å². The molecule has 0 radical (unpaired) electrons. The zero-order chi connectivity index (χ0) is 8.85. The summed E-state index contributed by atoms with van der Waals surface area (Å²) >= 11 is 0. The van der Waals surface area contributed by atoms with Crippen LogP contribution in [0.1, 0.15) is 20.8 Å². The van der Waals surface area contributed by atoms with Crippen LogP contribution in [0.3, 0.4) is 0 Å². The first-order chi connectivity index (χ1) is 5.09. The van der Waals surface area contributed by atoms with Crippen LogP contribution in [-0.4, -0.2) is 6.61 Å². The van der Waals surface area contributed by atoms with Crippen molar-refractivity contribution in [3.8, 4) is 0 Å². The molecule has 0 N–H and O–H groups in total. The molecule has 1 nitrogen and oxygen atoms in total. The van der Waals surface area contributed by atoms with Crippen molar-refractivity contribution < 1.29 is 4.74 Å². The van der Waals surface area contributed by atoms with Gasteiger partial charge in [0.2, 0.25) is 0 Å². The summed E-state index contributed by atoms with van der Waals surface area (Å²) in [5, 5.41) is 0. The highest BCUT2D eigenvalue weighted by atomic mass is 16.5. The highest BCUT2D eigenvalue weighted by molar-refractivity contribution is 5.24. The van der Waals surface area contributed by atoms with Crippen LogP contribution in [0.4, 0.5) is 0 Å². The summed E-state index contributed by atoms with van der Waals surface area (Å²) in [7, 11) is 0. The van der Waals surface area contributed by atoms with Gasteiger partial charge in [-0.05, 0) is 31.9 Å². The molecule has 11 heavy (non-hydrogen) atoms. The van der Waals surface area contributed by atoms with Gasteiger partial charge >= 0.3 is 0 Å². The summed E-state index contributed by atoms with van der Waals surface area (Å²) in [4.78, 5) is 0. The lowest BCUT2D eigenvalue weighted by Crippen LogP contribution is -1.95. The van der Waals surface area contributed by atoms with Crippen LogP contribution in [0.5, 0.6) is 0 Å². The molecule has 0 amide bonds. The SMILES string of the molecule is C=CCOC(C(=C)C)=C(C)C. The Morgan fingerprint density at radius 3 is 2.18 bits per heavy atom. The molecule has 0 spiro atoms. The molecule has 0 saturated carbocycles. The maximum absolute atomic E-state index is 5.38. The van der Waals surface area contributed by atoms with Crippen molar-refractivity contribution in [3.63, 3.8) is 0 Å². The zero-order valence-corrected chi connectivity index (χ0v) is 7.61. The Hall–Kier alpha value is -0.980. The summed E-state index contributed by atoms with van der Waals surface area (Å²) in [6, 6.07) is 0. The molecule has 0 atom stereocenters. The van der Waals surface area contributed by atoms with Crippen LogP contribution in [0.2, 0.25) is 0 Å². The van der Waals surface area contributed by atoms with E-state index in [1.54, 1.807) is 6.08 Å². The summed E-state index contributed by atoms with van der Waals surface area (Å²) in [6.07, 6.45) is 1.73. The van der Waals surface area contributed by atoms with E-state index in [2.05, 4.69) is 13.2 Å². The van der Waals surface area contributed by atoms with Crippen LogP contribution in [-0.2, 0) is 4.74 Å². The van der Waals surface area contributed by atoms with E-state index in [9.17, 15) is 0 Å². The molecular weight excluding hydrogens is 136 g/mol. The van der Waals surface area contributed by atoms with Gasteiger partial charge in [0.05, 0.1) is 0 Å². The third-order valence-corrected chi connectivity index (χ3v) is 1.19. The lowest BCUT2D eigenvalue weighted by atomic mass is 10.2. The molecule has 0 aromatic carbocycles. The number of allylic oxidation sites excluding steroid dienone is 2. The van der Waals surface area contributed by atoms with Gasteiger partial charge in [-0.25, -0.2) is 0 Å². The van der Waals surface area contributed by atoms with E-state index in [4.69, 9.17) is 4.74 Å². The first-order valence-electron chi connectivity index (χ1n) is 3.66. The predicted octanol–water partition coefficient (Wildman–Crippen LogP) is 3.06. The molecule has 62 valence electrons. The van der Waals surface area contributed by atoms with Gasteiger partial charge in [-0.15, -0.1) is 0 Å². The number of ether oxygens (including phenoxy) is 1. The molecule has 0 fully saturated rings. The van der Waals surface area contributed by atoms with Crippen molar-refractivity contribution in [2.24, 2.45) is 0 Å². The lowest BCUT2D eigenvalue weighted by Gasteiger charge is -2.09. The van der Waals surface area contributed by atoms with E-state index >= 15 is 0 Å². The number of hydrogen-bond donors (Lipinski definition) is 0. The lowest BCUT2D eigenvalue weighted by molar-refractivity contribution is 0.253. The fourth-order valence-corrected chi connectivity index (χ4v) is 0.837. The molecule has 0 heterocycles. The summed E-state index contributed by atoms with van der Waals surface area (Å²) in [5.74, 6) is 0.893. The van der Waals surface area contributed by atoms with E-state index in [1.165, 1.54) is 0 Å². The minimum atomic E-state index is 0.549. The average Bonchev–Trinajstić information content (AvgIpc) is 1.87. The van der Waals surface area contributed by atoms with E-state index in [0.717, 1.165) is 16.9 Å². The van der Waals surface area contributed by atoms with Gasteiger partial charge in [0, 0.05) is 0 Å². The van der Waals surface area contributed by atoms with E-state index in [1.807, 2.05) is 20.8 Å². The largest absolute Gasteiger partial charge is 0.489 e. The summed E-state index contributed by atoms with van der Waals surface area (Å²) in [5.41, 5.74) is 2.12. The molecule has 0 aromatic rings. The molecule has 0 unspecified atom stereocenters. The topological polar surface area (TPSA) is 9.23 Å². The van der Waals surface area contributed by atoms with Crippen LogP contribution in [0.25, 0.3) is 0 Å². The Morgan fingerprint density at radius 2 is 1.91 bits per heavy atom. The fourth-order valence-electron chi connectivity index (χ4n) is 0.837. The van der Waals surface area contributed by atoms with Gasteiger partial charge in [0.15, 0.2) is 0 Å². The van der Waals surface area contributed by atoms with Crippen LogP contribution in [0, 0.1) is 0 Å². The smallest absolute Gasteiger partial charge is 0.120 e. The van der Waals surface area contributed by atoms with E-state index < -0.39 is 0 Å². The number of hydrogen-bond acceptors (Lipinski definition) is 1. The quantitative estimate of drug-likeness (QED) is 0.342. The molecule has 0 aromatic heterocycles. The molecule has 0 aliphatic heterocycles. The Morgan fingerprint density at radius 1 is 1.36 bits per heavy atom. The highest BCUT2D eigenvalue weighted by Crippen LogP contribution is 2.13. The van der Waals surface area contributed by atoms with Gasteiger partial charge in [-0.3, -0.25) is 0 Å². The standard InChI is InChI=1S/C10H16O/c1-6-7-11-10(8(2)3)9(4)5/h6H,1-2,7H2,3-5H3. The monoisotopic (exact) mass is 152 g/mol. The zero-order valence-electron chi connectivity index (χ0n) is 7.61. The second-order valence-electron chi connectivity index (χ2n) is 2.71. The molecule has 1 heteroatoms. The first kappa shape index (κ1) is 10.0. The highest BCUT2D eigenvalue weighted by Gasteiger charge is 1.99. The van der Waals surface area contributed by atoms with Crippen molar-refractivity contribution in [2.45, 2.75) is 20.8 Å². The summed E-state index contributed by atoms with van der Waals surface area (Å²) < 4.78 is 5.38. The number of rotatable bonds is 4. The normalized spacial score (nSPS) is 8.64. The Kier molecular flexibility index (Phi) is 4.35. The predicted molar refractivity (Wildman–Crippen MR) is 49.3 cm³/mol. The van der Waals surface area contributed by atoms with Crippen molar-refractivity contribution in [2.75, 3.05) is 6.61 Å². The van der Waals surface area contributed by atoms with Crippen LogP contribution >= 0.6 is 0 Å². The van der Waals surface area contributed by atoms with Crippen molar-refractivity contribution in [3.05, 3.63) is 36.1 Å². The molecule has 0 bridgehead atoms. The van der Waals surface area contributed by atoms with Crippen molar-refractivity contribution in [1.82, 2.24) is 0 Å². The minimum absolute atomic E-state index is 0.549. The molecular formula is C10H16O. The first-order valence-corrected chi connectivity index (χ1v) is 3.66. The van der Waals surface area contributed by atoms with E-state index in [0.29, 0.717) is 6.61 Å². The van der Waals surface area contributed by atoms with E-state index in [-0.39, 0.29) is 0 Å². The maximum Gasteiger partial charge on any atom is 0.120 e. The Bertz CT molecular complexity index is 183. The summed E-state index contributed by atoms with van der Waals surface area (Å²) in [6.45, 7) is 13.9. The van der Waals surface area contributed by atoms with Gasteiger partial charge < -0.3 is 4.74 Å². The fraction of sp³-hybridized carbons (Fsp3) is 0.400. The van der Waals surface area contributed by atoms with Gasteiger partial charge in [0.25, 0.3) is 0 Å². The van der Waals surface area contributed by atoms with Gasteiger partial charge in [-0.2, -0.15) is 0 Å². The Labute approximate surface area is 69.1 Å². The second kappa shape index (κ2) is 4.78. The third kappa shape index (κ3) is 3.66. The Balaban J connectivity index is 4.25. The second-order valence-corrected chi connectivity index (χ2v) is 2.71. The minimum Gasteiger partial charge on any atom is -0.489 e. The van der Waals surface area contributed by atoms with Crippen LogP contribution in [0.15, 0.2) is 36.1 Å². The average molecular weight is 152 g/mol.